The molecule has 7 nitrogen and oxygen atoms in total. The number of likely N-dealkylation sites (tertiary alicyclic amines) is 2. The second kappa shape index (κ2) is 5.91. The molecule has 118 valence electrons. The van der Waals surface area contributed by atoms with Crippen molar-refractivity contribution in [2.75, 3.05) is 26.2 Å². The average molecular weight is 297 g/mol. The Morgan fingerprint density at radius 1 is 1.14 bits per heavy atom. The molecule has 21 heavy (non-hydrogen) atoms. The topological polar surface area (TPSA) is 104 Å². The van der Waals surface area contributed by atoms with E-state index >= 15 is 0 Å². The molecule has 0 spiro atoms. The van der Waals surface area contributed by atoms with Gasteiger partial charge in [0.2, 0.25) is 5.91 Å². The largest absolute Gasteiger partial charge is 0.481 e. The molecule has 0 aromatic heterocycles. The third kappa shape index (κ3) is 3.28. The van der Waals surface area contributed by atoms with Gasteiger partial charge in [-0.15, -0.1) is 0 Å². The van der Waals surface area contributed by atoms with Crippen molar-refractivity contribution in [2.24, 2.45) is 17.1 Å². The van der Waals surface area contributed by atoms with Crippen molar-refractivity contribution < 1.29 is 19.5 Å². The first-order chi connectivity index (χ1) is 9.83. The van der Waals surface area contributed by atoms with Crippen LogP contribution >= 0.6 is 0 Å². The highest BCUT2D eigenvalue weighted by molar-refractivity contribution is 5.81. The zero-order valence-electron chi connectivity index (χ0n) is 12.4. The van der Waals surface area contributed by atoms with Crippen LogP contribution in [0, 0.1) is 11.3 Å². The number of nitrogens with two attached hydrogens (primary N) is 1. The van der Waals surface area contributed by atoms with Gasteiger partial charge in [0.1, 0.15) is 0 Å². The molecule has 2 rings (SSSR count). The summed E-state index contributed by atoms with van der Waals surface area (Å²) in [5, 5.41) is 9.21. The normalized spacial score (nSPS) is 25.5. The SMILES string of the molecule is CC1(C(=O)O)CCN(C(=O)C2CCCN(C(N)=O)C2)CC1. The van der Waals surface area contributed by atoms with Gasteiger partial charge in [-0.2, -0.15) is 0 Å². The Hall–Kier alpha value is -1.79. The first kappa shape index (κ1) is 15.6. The summed E-state index contributed by atoms with van der Waals surface area (Å²) in [7, 11) is 0. The zero-order valence-corrected chi connectivity index (χ0v) is 12.4. The van der Waals surface area contributed by atoms with E-state index in [1.807, 2.05) is 0 Å². The number of carboxylic acid groups (broad SMARTS) is 1. The number of carbonyl (C=O) groups excluding carboxylic acids is 2. The van der Waals surface area contributed by atoms with Crippen molar-refractivity contribution in [3.8, 4) is 0 Å². The summed E-state index contributed by atoms with van der Waals surface area (Å²) in [4.78, 5) is 38.2. The molecule has 0 aliphatic carbocycles. The molecule has 2 saturated heterocycles. The summed E-state index contributed by atoms with van der Waals surface area (Å²) in [5.74, 6) is -0.985. The molecule has 1 atom stereocenters. The monoisotopic (exact) mass is 297 g/mol. The van der Waals surface area contributed by atoms with Crippen LogP contribution in [0.3, 0.4) is 0 Å². The first-order valence-electron chi connectivity index (χ1n) is 7.40. The summed E-state index contributed by atoms with van der Waals surface area (Å²) in [6, 6.07) is -0.482. The quantitative estimate of drug-likeness (QED) is 0.774. The molecule has 2 heterocycles. The molecule has 2 aliphatic rings. The predicted molar refractivity (Wildman–Crippen MR) is 75.4 cm³/mol. The maximum absolute atomic E-state index is 12.5. The molecule has 0 aromatic rings. The third-order valence-electron chi connectivity index (χ3n) is 4.78. The smallest absolute Gasteiger partial charge is 0.314 e. The molecule has 7 heteroatoms. The van der Waals surface area contributed by atoms with E-state index in [0.717, 1.165) is 12.8 Å². The van der Waals surface area contributed by atoms with Crippen LogP contribution in [0.4, 0.5) is 4.79 Å². The second-order valence-electron chi connectivity index (χ2n) is 6.31. The fourth-order valence-electron chi connectivity index (χ4n) is 3.07. The van der Waals surface area contributed by atoms with E-state index in [4.69, 9.17) is 5.73 Å². The van der Waals surface area contributed by atoms with Gasteiger partial charge in [0, 0.05) is 26.2 Å². The first-order valence-corrected chi connectivity index (χ1v) is 7.40. The number of urea groups is 1. The minimum Gasteiger partial charge on any atom is -0.481 e. The fraction of sp³-hybridized carbons (Fsp3) is 0.786. The molecule has 2 fully saturated rings. The molecule has 0 saturated carbocycles. The number of hydrogen-bond donors (Lipinski definition) is 2. The van der Waals surface area contributed by atoms with Gasteiger partial charge in [-0.1, -0.05) is 0 Å². The van der Waals surface area contributed by atoms with Gasteiger partial charge >= 0.3 is 12.0 Å². The second-order valence-corrected chi connectivity index (χ2v) is 6.31. The van der Waals surface area contributed by atoms with Crippen LogP contribution in [0.2, 0.25) is 0 Å². The van der Waals surface area contributed by atoms with Crippen molar-refractivity contribution in [3.63, 3.8) is 0 Å². The number of nitrogens with zero attached hydrogens (tertiary/aromatic N) is 2. The Morgan fingerprint density at radius 2 is 1.76 bits per heavy atom. The number of piperidine rings is 2. The number of carbonyl (C=O) groups is 3. The van der Waals surface area contributed by atoms with Crippen molar-refractivity contribution in [1.82, 2.24) is 9.80 Å². The third-order valence-corrected chi connectivity index (χ3v) is 4.78. The van der Waals surface area contributed by atoms with E-state index in [1.54, 1.807) is 11.8 Å². The fourth-order valence-corrected chi connectivity index (χ4v) is 3.07. The Kier molecular flexibility index (Phi) is 4.39. The van der Waals surface area contributed by atoms with Gasteiger partial charge in [-0.05, 0) is 32.6 Å². The Labute approximate surface area is 124 Å². The molecular weight excluding hydrogens is 274 g/mol. The van der Waals surface area contributed by atoms with Crippen LogP contribution < -0.4 is 5.73 Å². The Morgan fingerprint density at radius 3 is 2.29 bits per heavy atom. The number of hydrogen-bond acceptors (Lipinski definition) is 3. The van der Waals surface area contributed by atoms with Crippen LogP contribution in [-0.4, -0.2) is 59.0 Å². The molecule has 2 aliphatic heterocycles. The standard InChI is InChI=1S/C14H23N3O4/c1-14(12(19)20)4-7-16(8-5-14)11(18)10-3-2-6-17(9-10)13(15)21/h10H,2-9H2,1H3,(H2,15,21)(H,19,20). The molecule has 3 N–H and O–H groups in total. The van der Waals surface area contributed by atoms with Gasteiger partial charge in [-0.25, -0.2) is 4.79 Å². The lowest BCUT2D eigenvalue weighted by molar-refractivity contribution is -0.154. The highest BCUT2D eigenvalue weighted by atomic mass is 16.4. The van der Waals surface area contributed by atoms with E-state index in [9.17, 15) is 19.5 Å². The highest BCUT2D eigenvalue weighted by Gasteiger charge is 2.39. The number of aliphatic carboxylic acids is 1. The van der Waals surface area contributed by atoms with Crippen molar-refractivity contribution in [3.05, 3.63) is 0 Å². The maximum atomic E-state index is 12.5. The number of amides is 3. The average Bonchev–Trinajstić information content (AvgIpc) is 2.47. The van der Waals surface area contributed by atoms with Crippen LogP contribution in [0.25, 0.3) is 0 Å². The van der Waals surface area contributed by atoms with Crippen molar-refractivity contribution >= 4 is 17.9 Å². The molecule has 1 unspecified atom stereocenters. The summed E-state index contributed by atoms with van der Waals surface area (Å²) in [6.07, 6.45) is 2.48. The van der Waals surface area contributed by atoms with Crippen LogP contribution in [0.15, 0.2) is 0 Å². The highest BCUT2D eigenvalue weighted by Crippen LogP contribution is 2.32. The zero-order chi connectivity index (χ0) is 15.6. The van der Waals surface area contributed by atoms with Gasteiger partial charge < -0.3 is 20.6 Å². The molecule has 0 radical (unpaired) electrons. The lowest BCUT2D eigenvalue weighted by Gasteiger charge is -2.39. The van der Waals surface area contributed by atoms with Crippen LogP contribution in [-0.2, 0) is 9.59 Å². The van der Waals surface area contributed by atoms with E-state index in [0.29, 0.717) is 39.0 Å². The summed E-state index contributed by atoms with van der Waals surface area (Å²) < 4.78 is 0. The lowest BCUT2D eigenvalue weighted by atomic mass is 9.80. The van der Waals surface area contributed by atoms with E-state index in [-0.39, 0.29) is 11.8 Å². The predicted octanol–water partition coefficient (Wildman–Crippen LogP) is 0.490. The van der Waals surface area contributed by atoms with E-state index in [1.165, 1.54) is 4.90 Å². The molecular formula is C14H23N3O4. The molecule has 0 aromatic carbocycles. The summed E-state index contributed by atoms with van der Waals surface area (Å²) in [6.45, 7) is 3.65. The van der Waals surface area contributed by atoms with Gasteiger partial charge in [-0.3, -0.25) is 9.59 Å². The van der Waals surface area contributed by atoms with Crippen LogP contribution in [0.5, 0.6) is 0 Å². The summed E-state index contributed by atoms with van der Waals surface area (Å²) in [5.41, 5.74) is 4.54. The molecule has 0 bridgehead atoms. The number of rotatable bonds is 2. The summed E-state index contributed by atoms with van der Waals surface area (Å²) >= 11 is 0. The van der Waals surface area contributed by atoms with Crippen molar-refractivity contribution in [2.45, 2.75) is 32.6 Å². The van der Waals surface area contributed by atoms with Gasteiger partial charge in [0.25, 0.3) is 0 Å². The lowest BCUT2D eigenvalue weighted by Crippen LogP contribution is -2.51. The number of primary amides is 1. The molecule has 3 amide bonds. The minimum atomic E-state index is -0.799. The van der Waals surface area contributed by atoms with Gasteiger partial charge in [0.15, 0.2) is 0 Å². The van der Waals surface area contributed by atoms with Crippen LogP contribution in [0.1, 0.15) is 32.6 Å². The Balaban J connectivity index is 1.93. The van der Waals surface area contributed by atoms with Gasteiger partial charge in [0.05, 0.1) is 11.3 Å². The van der Waals surface area contributed by atoms with E-state index < -0.39 is 17.4 Å². The minimum absolute atomic E-state index is 0.0217. The maximum Gasteiger partial charge on any atom is 0.314 e. The Bertz CT molecular complexity index is 444. The number of carboxylic acids is 1. The van der Waals surface area contributed by atoms with E-state index in [2.05, 4.69) is 0 Å². The van der Waals surface area contributed by atoms with Crippen molar-refractivity contribution in [1.29, 1.82) is 0 Å².